The van der Waals surface area contributed by atoms with Gasteiger partial charge in [-0.15, -0.1) is 0 Å². The molecule has 2 aromatic rings. The molecule has 7 heteroatoms. The number of carbonyl (C=O) groups excluding carboxylic acids is 2. The van der Waals surface area contributed by atoms with Gasteiger partial charge in [-0.2, -0.15) is 0 Å². The molecule has 2 amide bonds. The number of nitrogens with one attached hydrogen (secondary N) is 2. The van der Waals surface area contributed by atoms with Crippen molar-refractivity contribution in [2.45, 2.75) is 26.3 Å². The minimum absolute atomic E-state index is 0.0251. The average Bonchev–Trinajstić information content (AvgIpc) is 3.09. The first-order valence-corrected chi connectivity index (χ1v) is 6.66. The minimum Gasteiger partial charge on any atom is -0.459 e. The van der Waals surface area contributed by atoms with Crippen LogP contribution in [0.5, 0.6) is 0 Å². The van der Waals surface area contributed by atoms with Crippen molar-refractivity contribution < 1.29 is 18.4 Å². The summed E-state index contributed by atoms with van der Waals surface area (Å²) in [5.41, 5.74) is 0.830. The van der Waals surface area contributed by atoms with Gasteiger partial charge in [0.2, 0.25) is 0 Å². The molecule has 0 spiro atoms. The lowest BCUT2D eigenvalue weighted by atomic mass is 10.1. The smallest absolute Gasteiger partial charge is 0.307 e. The van der Waals surface area contributed by atoms with E-state index in [0.29, 0.717) is 13.0 Å². The van der Waals surface area contributed by atoms with Gasteiger partial charge in [0, 0.05) is 12.6 Å². The van der Waals surface area contributed by atoms with Crippen LogP contribution in [0.3, 0.4) is 0 Å². The van der Waals surface area contributed by atoms with Gasteiger partial charge >= 0.3 is 5.91 Å². The Kier molecular flexibility index (Phi) is 4.76. The van der Waals surface area contributed by atoms with Crippen molar-refractivity contribution in [3.8, 4) is 0 Å². The lowest BCUT2D eigenvalue weighted by Gasteiger charge is -2.10. The van der Waals surface area contributed by atoms with Crippen LogP contribution >= 0.6 is 0 Å². The average molecular weight is 291 g/mol. The summed E-state index contributed by atoms with van der Waals surface area (Å²) >= 11 is 0. The maximum Gasteiger partial charge on any atom is 0.307 e. The minimum atomic E-state index is -0.375. The highest BCUT2D eigenvalue weighted by molar-refractivity contribution is 5.91. The SMILES string of the molecule is CCNC(=O)c1cc(CC(C)NC(=O)c2ncco2)co1. The standard InChI is InChI=1S/C14H17N3O4/c1-3-15-12(18)11-7-10(8-21-11)6-9(2)17-13(19)14-16-4-5-20-14/h4-5,7-9H,3,6H2,1-2H3,(H,15,18)(H,17,19). The maximum absolute atomic E-state index is 11.8. The molecule has 7 nitrogen and oxygen atoms in total. The van der Waals surface area contributed by atoms with Crippen LogP contribution in [0.1, 0.15) is 40.7 Å². The summed E-state index contributed by atoms with van der Waals surface area (Å²) in [4.78, 5) is 27.1. The van der Waals surface area contributed by atoms with Crippen molar-refractivity contribution in [1.29, 1.82) is 0 Å². The summed E-state index contributed by atoms with van der Waals surface area (Å²) < 4.78 is 10.1. The fraction of sp³-hybridized carbons (Fsp3) is 0.357. The highest BCUT2D eigenvalue weighted by atomic mass is 16.4. The van der Waals surface area contributed by atoms with E-state index < -0.39 is 0 Å². The van der Waals surface area contributed by atoms with Crippen LogP contribution in [-0.4, -0.2) is 29.4 Å². The lowest BCUT2D eigenvalue weighted by Crippen LogP contribution is -2.34. The summed E-state index contributed by atoms with van der Waals surface area (Å²) in [5.74, 6) is -0.338. The predicted molar refractivity (Wildman–Crippen MR) is 73.9 cm³/mol. The van der Waals surface area contributed by atoms with E-state index in [1.807, 2.05) is 13.8 Å². The molecule has 0 aromatic carbocycles. The zero-order valence-corrected chi connectivity index (χ0v) is 11.9. The molecule has 0 bridgehead atoms. The molecule has 0 aliphatic heterocycles. The molecule has 2 aromatic heterocycles. The van der Waals surface area contributed by atoms with E-state index >= 15 is 0 Å². The number of amides is 2. The lowest BCUT2D eigenvalue weighted by molar-refractivity contribution is 0.0903. The first kappa shape index (κ1) is 14.8. The van der Waals surface area contributed by atoms with Crippen LogP contribution in [0.2, 0.25) is 0 Å². The first-order chi connectivity index (χ1) is 10.1. The molecule has 1 atom stereocenters. The molecular weight excluding hydrogens is 274 g/mol. The Hall–Kier alpha value is -2.57. The molecular formula is C14H17N3O4. The second-order valence-electron chi connectivity index (χ2n) is 4.59. The fourth-order valence-electron chi connectivity index (χ4n) is 1.88. The number of aromatic nitrogens is 1. The number of furan rings is 1. The number of hydrogen-bond donors (Lipinski definition) is 2. The molecule has 0 aliphatic rings. The molecule has 1 unspecified atom stereocenters. The molecule has 112 valence electrons. The first-order valence-electron chi connectivity index (χ1n) is 6.66. The van der Waals surface area contributed by atoms with E-state index in [2.05, 4.69) is 15.6 Å². The number of nitrogens with zero attached hydrogens (tertiary/aromatic N) is 1. The summed E-state index contributed by atoms with van der Waals surface area (Å²) in [6, 6.07) is 1.52. The normalized spacial score (nSPS) is 11.9. The van der Waals surface area contributed by atoms with E-state index in [0.717, 1.165) is 5.56 Å². The molecule has 2 N–H and O–H groups in total. The van der Waals surface area contributed by atoms with Crippen LogP contribution in [0.4, 0.5) is 0 Å². The fourth-order valence-corrected chi connectivity index (χ4v) is 1.88. The summed E-state index contributed by atoms with van der Waals surface area (Å²) in [5, 5.41) is 5.41. The van der Waals surface area contributed by atoms with Gasteiger partial charge in [-0.05, 0) is 31.9 Å². The molecule has 0 aliphatic carbocycles. The number of rotatable bonds is 6. The van der Waals surface area contributed by atoms with Gasteiger partial charge in [0.05, 0.1) is 12.5 Å². The second-order valence-corrected chi connectivity index (χ2v) is 4.59. The Morgan fingerprint density at radius 1 is 1.33 bits per heavy atom. The third-order valence-electron chi connectivity index (χ3n) is 2.76. The Balaban J connectivity index is 1.89. The number of carbonyl (C=O) groups is 2. The summed E-state index contributed by atoms with van der Waals surface area (Å²) in [6.07, 6.45) is 4.80. The molecule has 0 fully saturated rings. The van der Waals surface area contributed by atoms with Crippen LogP contribution < -0.4 is 10.6 Å². The molecule has 0 radical (unpaired) electrons. The highest BCUT2D eigenvalue weighted by Gasteiger charge is 2.16. The van der Waals surface area contributed by atoms with Crippen LogP contribution in [0, 0.1) is 0 Å². The third kappa shape index (κ3) is 3.95. The highest BCUT2D eigenvalue weighted by Crippen LogP contribution is 2.10. The number of oxazole rings is 1. The summed E-state index contributed by atoms with van der Waals surface area (Å²) in [6.45, 7) is 4.22. The van der Waals surface area contributed by atoms with Crippen molar-refractivity contribution in [1.82, 2.24) is 15.6 Å². The Morgan fingerprint density at radius 2 is 2.14 bits per heavy atom. The van der Waals surface area contributed by atoms with Crippen LogP contribution in [-0.2, 0) is 6.42 Å². The molecule has 2 heterocycles. The second kappa shape index (κ2) is 6.74. The topological polar surface area (TPSA) is 97.4 Å². The van der Waals surface area contributed by atoms with Gasteiger partial charge in [-0.3, -0.25) is 9.59 Å². The van der Waals surface area contributed by atoms with Gasteiger partial charge in [-0.25, -0.2) is 4.98 Å². The molecule has 21 heavy (non-hydrogen) atoms. The monoisotopic (exact) mass is 291 g/mol. The molecule has 2 rings (SSSR count). The van der Waals surface area contributed by atoms with Gasteiger partial charge in [-0.1, -0.05) is 0 Å². The van der Waals surface area contributed by atoms with Gasteiger partial charge in [0.1, 0.15) is 6.26 Å². The van der Waals surface area contributed by atoms with Crippen molar-refractivity contribution in [2.75, 3.05) is 6.54 Å². The molecule has 0 saturated carbocycles. The largest absolute Gasteiger partial charge is 0.459 e. The number of hydrogen-bond acceptors (Lipinski definition) is 5. The predicted octanol–water partition coefficient (Wildman–Crippen LogP) is 1.38. The van der Waals surface area contributed by atoms with Crippen molar-refractivity contribution in [3.63, 3.8) is 0 Å². The van der Waals surface area contributed by atoms with E-state index in [1.165, 1.54) is 18.7 Å². The van der Waals surface area contributed by atoms with Gasteiger partial charge in [0.15, 0.2) is 5.76 Å². The quantitative estimate of drug-likeness (QED) is 0.838. The van der Waals surface area contributed by atoms with Gasteiger partial charge < -0.3 is 19.5 Å². The van der Waals surface area contributed by atoms with E-state index in [9.17, 15) is 9.59 Å². The Morgan fingerprint density at radius 3 is 2.81 bits per heavy atom. The van der Waals surface area contributed by atoms with E-state index in [1.54, 1.807) is 6.07 Å². The Labute approximate surface area is 121 Å². The van der Waals surface area contributed by atoms with Crippen molar-refractivity contribution >= 4 is 11.8 Å². The zero-order valence-electron chi connectivity index (χ0n) is 11.9. The van der Waals surface area contributed by atoms with Crippen LogP contribution in [0.15, 0.2) is 33.6 Å². The van der Waals surface area contributed by atoms with Gasteiger partial charge in [0.25, 0.3) is 11.8 Å². The zero-order chi connectivity index (χ0) is 15.2. The third-order valence-corrected chi connectivity index (χ3v) is 2.76. The maximum atomic E-state index is 11.8. The Bertz CT molecular complexity index is 604. The summed E-state index contributed by atoms with van der Waals surface area (Å²) in [7, 11) is 0. The van der Waals surface area contributed by atoms with Crippen molar-refractivity contribution in [2.24, 2.45) is 0 Å². The van der Waals surface area contributed by atoms with E-state index in [4.69, 9.17) is 8.83 Å². The molecule has 0 saturated heterocycles. The van der Waals surface area contributed by atoms with Crippen LogP contribution in [0.25, 0.3) is 0 Å². The van der Waals surface area contributed by atoms with E-state index in [-0.39, 0.29) is 29.5 Å². The van der Waals surface area contributed by atoms with Crippen molar-refractivity contribution in [3.05, 3.63) is 42.0 Å².